The first-order chi connectivity index (χ1) is 12.8. The van der Waals surface area contributed by atoms with Gasteiger partial charge in [0.05, 0.1) is 29.9 Å². The van der Waals surface area contributed by atoms with Gasteiger partial charge in [-0.15, -0.1) is 0 Å². The molecule has 150 valence electrons. The van der Waals surface area contributed by atoms with Crippen molar-refractivity contribution in [3.63, 3.8) is 0 Å². The summed E-state index contributed by atoms with van der Waals surface area (Å²) in [6, 6.07) is 3.80. The molecule has 0 spiro atoms. The van der Waals surface area contributed by atoms with Crippen LogP contribution < -0.4 is 10.1 Å². The number of likely N-dealkylation sites (tertiary alicyclic amines) is 1. The molecule has 1 aromatic carbocycles. The van der Waals surface area contributed by atoms with Gasteiger partial charge in [-0.2, -0.15) is 0 Å². The fourth-order valence-corrected chi connectivity index (χ4v) is 3.07. The second kappa shape index (κ2) is 9.66. The Bertz CT molecular complexity index is 657. The molecule has 27 heavy (non-hydrogen) atoms. The number of hydrogen-bond donors (Lipinski definition) is 1. The normalized spacial score (nSPS) is 16.9. The summed E-state index contributed by atoms with van der Waals surface area (Å²) in [5, 5.41) is 13.7. The standard InChI is InChI=1S/C19H29N3O5/c1-13(2)12-27-16-7-9-21(10-8-16)14(3)19(23)20-17-11-15(22(24)25)5-6-18(17)26-4/h5-6,11,13-14,16H,7-10,12H2,1-4H3,(H,20,23). The molecule has 8 heteroatoms. The van der Waals surface area contributed by atoms with Crippen LogP contribution in [0.25, 0.3) is 0 Å². The lowest BCUT2D eigenvalue weighted by Gasteiger charge is -2.35. The average Bonchev–Trinajstić information content (AvgIpc) is 2.66. The Morgan fingerprint density at radius 3 is 2.56 bits per heavy atom. The zero-order chi connectivity index (χ0) is 20.0. The van der Waals surface area contributed by atoms with E-state index in [4.69, 9.17) is 9.47 Å². The molecule has 0 bridgehead atoms. The van der Waals surface area contributed by atoms with Gasteiger partial charge in [-0.3, -0.25) is 19.8 Å². The fourth-order valence-electron chi connectivity index (χ4n) is 3.07. The molecule has 0 saturated carbocycles. The number of carbonyl (C=O) groups excluding carboxylic acids is 1. The van der Waals surface area contributed by atoms with E-state index in [2.05, 4.69) is 24.1 Å². The van der Waals surface area contributed by atoms with Gasteiger partial charge < -0.3 is 14.8 Å². The highest BCUT2D eigenvalue weighted by atomic mass is 16.6. The molecule has 8 nitrogen and oxygen atoms in total. The summed E-state index contributed by atoms with van der Waals surface area (Å²) in [7, 11) is 1.46. The van der Waals surface area contributed by atoms with Crippen molar-refractivity contribution in [3.8, 4) is 5.75 Å². The largest absolute Gasteiger partial charge is 0.495 e. The molecule has 1 aromatic rings. The maximum atomic E-state index is 12.6. The summed E-state index contributed by atoms with van der Waals surface area (Å²) in [4.78, 5) is 25.2. The minimum absolute atomic E-state index is 0.0955. The van der Waals surface area contributed by atoms with Crippen molar-refractivity contribution >= 4 is 17.3 Å². The van der Waals surface area contributed by atoms with E-state index in [-0.39, 0.29) is 23.7 Å². The van der Waals surface area contributed by atoms with Gasteiger partial charge in [-0.05, 0) is 31.7 Å². The van der Waals surface area contributed by atoms with Crippen molar-refractivity contribution in [1.82, 2.24) is 4.90 Å². The number of benzene rings is 1. The number of carbonyl (C=O) groups is 1. The van der Waals surface area contributed by atoms with E-state index < -0.39 is 4.92 Å². The number of amides is 1. The van der Waals surface area contributed by atoms with Crippen molar-refractivity contribution < 1.29 is 19.2 Å². The monoisotopic (exact) mass is 379 g/mol. The Morgan fingerprint density at radius 2 is 2.00 bits per heavy atom. The van der Waals surface area contributed by atoms with Crippen LogP contribution in [0.3, 0.4) is 0 Å². The highest BCUT2D eigenvalue weighted by Crippen LogP contribution is 2.29. The van der Waals surface area contributed by atoms with Crippen LogP contribution >= 0.6 is 0 Å². The molecular formula is C19H29N3O5. The minimum Gasteiger partial charge on any atom is -0.495 e. The number of hydrogen-bond acceptors (Lipinski definition) is 6. The van der Waals surface area contributed by atoms with E-state index in [1.807, 2.05) is 6.92 Å². The van der Waals surface area contributed by atoms with Gasteiger partial charge in [-0.1, -0.05) is 13.8 Å². The third-order valence-electron chi connectivity index (χ3n) is 4.72. The molecule has 1 fully saturated rings. The molecule has 1 saturated heterocycles. The van der Waals surface area contributed by atoms with Crippen LogP contribution in [0.5, 0.6) is 5.75 Å². The SMILES string of the molecule is COc1ccc([N+](=O)[O-])cc1NC(=O)C(C)N1CCC(OCC(C)C)CC1. The Kier molecular flexibility index (Phi) is 7.55. The third kappa shape index (κ3) is 5.90. The lowest BCUT2D eigenvalue weighted by atomic mass is 10.1. The van der Waals surface area contributed by atoms with E-state index in [1.54, 1.807) is 0 Å². The van der Waals surface area contributed by atoms with Crippen LogP contribution in [0.4, 0.5) is 11.4 Å². The number of non-ortho nitro benzene ring substituents is 1. The number of methoxy groups -OCH3 is 1. The molecule has 2 rings (SSSR count). The number of rotatable bonds is 8. The first kappa shape index (κ1) is 21.1. The first-order valence-electron chi connectivity index (χ1n) is 9.30. The van der Waals surface area contributed by atoms with Crippen molar-refractivity contribution in [2.24, 2.45) is 5.92 Å². The number of piperidine rings is 1. The Labute approximate surface area is 160 Å². The van der Waals surface area contributed by atoms with Crippen LogP contribution in [-0.4, -0.2) is 54.7 Å². The van der Waals surface area contributed by atoms with Gasteiger partial charge >= 0.3 is 0 Å². The van der Waals surface area contributed by atoms with Crippen molar-refractivity contribution in [2.75, 3.05) is 32.1 Å². The van der Waals surface area contributed by atoms with Gasteiger partial charge in [0.25, 0.3) is 5.69 Å². The Morgan fingerprint density at radius 1 is 1.33 bits per heavy atom. The topological polar surface area (TPSA) is 93.9 Å². The van der Waals surface area contributed by atoms with E-state index in [0.29, 0.717) is 17.4 Å². The van der Waals surface area contributed by atoms with E-state index in [0.717, 1.165) is 32.5 Å². The van der Waals surface area contributed by atoms with Gasteiger partial charge in [0, 0.05) is 31.8 Å². The van der Waals surface area contributed by atoms with E-state index >= 15 is 0 Å². The zero-order valence-electron chi connectivity index (χ0n) is 16.4. The van der Waals surface area contributed by atoms with Gasteiger partial charge in [0.1, 0.15) is 5.75 Å². The van der Waals surface area contributed by atoms with Crippen molar-refractivity contribution in [1.29, 1.82) is 0 Å². The Hall–Kier alpha value is -2.19. The zero-order valence-corrected chi connectivity index (χ0v) is 16.4. The molecular weight excluding hydrogens is 350 g/mol. The second-order valence-corrected chi connectivity index (χ2v) is 7.27. The molecule has 0 aromatic heterocycles. The van der Waals surface area contributed by atoms with Gasteiger partial charge in [0.2, 0.25) is 5.91 Å². The number of ether oxygens (including phenoxy) is 2. The molecule has 0 aliphatic carbocycles. The van der Waals surface area contributed by atoms with Crippen LogP contribution in [-0.2, 0) is 9.53 Å². The number of nitrogens with zero attached hydrogens (tertiary/aromatic N) is 2. The number of nitro groups is 1. The van der Waals surface area contributed by atoms with E-state index in [9.17, 15) is 14.9 Å². The summed E-state index contributed by atoms with van der Waals surface area (Å²) in [6.45, 7) is 8.42. The first-order valence-corrected chi connectivity index (χ1v) is 9.30. The third-order valence-corrected chi connectivity index (χ3v) is 4.72. The minimum atomic E-state index is -0.500. The summed E-state index contributed by atoms with van der Waals surface area (Å²) in [6.07, 6.45) is 2.03. The van der Waals surface area contributed by atoms with Crippen LogP contribution in [0.1, 0.15) is 33.6 Å². The van der Waals surface area contributed by atoms with E-state index in [1.165, 1.54) is 25.3 Å². The van der Waals surface area contributed by atoms with Gasteiger partial charge in [-0.25, -0.2) is 0 Å². The maximum absolute atomic E-state index is 12.6. The smallest absolute Gasteiger partial charge is 0.271 e. The number of nitro benzene ring substituents is 1. The summed E-state index contributed by atoms with van der Waals surface area (Å²) < 4.78 is 11.1. The number of nitrogens with one attached hydrogen (secondary N) is 1. The van der Waals surface area contributed by atoms with Crippen LogP contribution in [0.2, 0.25) is 0 Å². The molecule has 1 atom stereocenters. The summed E-state index contributed by atoms with van der Waals surface area (Å²) in [5.41, 5.74) is 0.209. The lowest BCUT2D eigenvalue weighted by Crippen LogP contribution is -2.47. The molecule has 0 radical (unpaired) electrons. The van der Waals surface area contributed by atoms with Crippen LogP contribution in [0.15, 0.2) is 18.2 Å². The summed E-state index contributed by atoms with van der Waals surface area (Å²) in [5.74, 6) is 0.690. The fraction of sp³-hybridized carbons (Fsp3) is 0.632. The average molecular weight is 379 g/mol. The molecule has 1 unspecified atom stereocenters. The molecule has 1 heterocycles. The van der Waals surface area contributed by atoms with Crippen LogP contribution in [0, 0.1) is 16.0 Å². The highest BCUT2D eigenvalue weighted by Gasteiger charge is 2.27. The second-order valence-electron chi connectivity index (χ2n) is 7.27. The quantitative estimate of drug-likeness (QED) is 0.551. The lowest BCUT2D eigenvalue weighted by molar-refractivity contribution is -0.384. The molecule has 1 aliphatic rings. The highest BCUT2D eigenvalue weighted by molar-refractivity contribution is 5.96. The number of anilines is 1. The maximum Gasteiger partial charge on any atom is 0.271 e. The Balaban J connectivity index is 1.94. The van der Waals surface area contributed by atoms with Crippen molar-refractivity contribution in [3.05, 3.63) is 28.3 Å². The van der Waals surface area contributed by atoms with Crippen molar-refractivity contribution in [2.45, 2.75) is 45.8 Å². The molecule has 1 N–H and O–H groups in total. The molecule has 1 aliphatic heterocycles. The van der Waals surface area contributed by atoms with Gasteiger partial charge in [0.15, 0.2) is 0 Å². The predicted molar refractivity (Wildman–Crippen MR) is 103 cm³/mol. The predicted octanol–water partition coefficient (Wildman–Crippen LogP) is 3.07. The summed E-state index contributed by atoms with van der Waals surface area (Å²) >= 11 is 0. The molecule has 1 amide bonds.